The van der Waals surface area contributed by atoms with Crippen molar-refractivity contribution >= 4 is 0 Å². The molecule has 0 radical (unpaired) electrons. The van der Waals surface area contributed by atoms with Gasteiger partial charge in [0.25, 0.3) is 0 Å². The van der Waals surface area contributed by atoms with Crippen LogP contribution in [0, 0.1) is 0 Å². The number of hydrogen-bond acceptors (Lipinski definition) is 4. The van der Waals surface area contributed by atoms with Crippen LogP contribution < -0.4 is 10.5 Å². The quantitative estimate of drug-likeness (QED) is 0.897. The molecule has 1 aliphatic heterocycles. The Morgan fingerprint density at radius 3 is 2.84 bits per heavy atom. The van der Waals surface area contributed by atoms with Gasteiger partial charge in [-0.15, -0.1) is 0 Å². The van der Waals surface area contributed by atoms with Crippen molar-refractivity contribution in [3.8, 4) is 17.1 Å². The van der Waals surface area contributed by atoms with Crippen molar-refractivity contribution in [2.24, 2.45) is 5.73 Å². The number of hydrogen-bond donors (Lipinski definition) is 1. The molecular formula is C14H18N4O. The van der Waals surface area contributed by atoms with Gasteiger partial charge < -0.3 is 10.5 Å². The fourth-order valence-electron chi connectivity index (χ4n) is 2.53. The second kappa shape index (κ2) is 4.66. The molecule has 5 nitrogen and oxygen atoms in total. The van der Waals surface area contributed by atoms with Crippen LogP contribution in [0.1, 0.15) is 37.7 Å². The van der Waals surface area contributed by atoms with Crippen LogP contribution in [-0.4, -0.2) is 21.9 Å². The van der Waals surface area contributed by atoms with Gasteiger partial charge in [-0.1, -0.05) is 12.1 Å². The zero-order valence-electron chi connectivity index (χ0n) is 11.2. The molecule has 100 valence electrons. The topological polar surface area (TPSA) is 66.0 Å². The zero-order valence-corrected chi connectivity index (χ0v) is 11.2. The maximum absolute atomic E-state index is 6.12. The van der Waals surface area contributed by atoms with E-state index in [2.05, 4.69) is 17.0 Å². The van der Waals surface area contributed by atoms with E-state index in [1.807, 2.05) is 28.9 Å². The number of nitrogens with zero attached hydrogens (tertiary/aromatic N) is 3. The number of ether oxygens (including phenoxy) is 1. The molecule has 0 aliphatic carbocycles. The van der Waals surface area contributed by atoms with Crippen LogP contribution in [0.3, 0.4) is 0 Å². The molecule has 1 aromatic carbocycles. The molecule has 19 heavy (non-hydrogen) atoms. The lowest BCUT2D eigenvalue weighted by molar-refractivity contribution is 0.350. The Bertz CT molecular complexity index is 565. The van der Waals surface area contributed by atoms with Crippen molar-refractivity contribution in [2.75, 3.05) is 7.11 Å². The van der Waals surface area contributed by atoms with E-state index >= 15 is 0 Å². The third-order valence-corrected chi connectivity index (χ3v) is 3.65. The van der Waals surface area contributed by atoms with Gasteiger partial charge in [-0.2, -0.15) is 5.10 Å². The summed E-state index contributed by atoms with van der Waals surface area (Å²) in [6.07, 6.45) is 2.01. The molecule has 2 aromatic rings. The van der Waals surface area contributed by atoms with Gasteiger partial charge in [-0.05, 0) is 31.9 Å². The highest BCUT2D eigenvalue weighted by Gasteiger charge is 2.26. The van der Waals surface area contributed by atoms with Crippen molar-refractivity contribution in [2.45, 2.75) is 31.8 Å². The molecule has 1 aliphatic rings. The van der Waals surface area contributed by atoms with E-state index in [1.54, 1.807) is 7.11 Å². The van der Waals surface area contributed by atoms with Crippen LogP contribution in [0.25, 0.3) is 11.4 Å². The zero-order chi connectivity index (χ0) is 13.4. The molecule has 0 saturated heterocycles. The molecule has 0 bridgehead atoms. The Kier molecular flexibility index (Phi) is 2.98. The smallest absolute Gasteiger partial charge is 0.185 e. The molecular weight excluding hydrogens is 240 g/mol. The minimum absolute atomic E-state index is 0.0212. The van der Waals surface area contributed by atoms with Gasteiger partial charge in [0.15, 0.2) is 5.82 Å². The highest BCUT2D eigenvalue weighted by molar-refractivity contribution is 5.63. The molecule has 2 heterocycles. The summed E-state index contributed by atoms with van der Waals surface area (Å²) in [5.74, 6) is 2.35. The second-order valence-corrected chi connectivity index (χ2v) is 4.97. The average molecular weight is 258 g/mol. The summed E-state index contributed by atoms with van der Waals surface area (Å²) in [6, 6.07) is 8.11. The van der Waals surface area contributed by atoms with Gasteiger partial charge in [0.1, 0.15) is 11.6 Å². The summed E-state index contributed by atoms with van der Waals surface area (Å²) in [7, 11) is 1.66. The summed E-state index contributed by atoms with van der Waals surface area (Å²) in [5.41, 5.74) is 7.02. The van der Waals surface area contributed by atoms with Gasteiger partial charge >= 0.3 is 0 Å². The first-order chi connectivity index (χ1) is 9.20. The van der Waals surface area contributed by atoms with Crippen molar-refractivity contribution < 1.29 is 4.74 Å². The van der Waals surface area contributed by atoms with Gasteiger partial charge in [-0.3, -0.25) is 0 Å². The van der Waals surface area contributed by atoms with E-state index in [4.69, 9.17) is 10.5 Å². The van der Waals surface area contributed by atoms with Gasteiger partial charge in [0, 0.05) is 0 Å². The van der Waals surface area contributed by atoms with Crippen molar-refractivity contribution in [1.29, 1.82) is 0 Å². The highest BCUT2D eigenvalue weighted by atomic mass is 16.5. The first-order valence-electron chi connectivity index (χ1n) is 6.56. The lowest BCUT2D eigenvalue weighted by atomic mass is 10.0. The van der Waals surface area contributed by atoms with E-state index in [1.165, 1.54) is 0 Å². The minimum Gasteiger partial charge on any atom is -0.496 e. The van der Waals surface area contributed by atoms with E-state index in [0.29, 0.717) is 11.9 Å². The fraction of sp³-hybridized carbons (Fsp3) is 0.429. The number of para-hydroxylation sites is 1. The largest absolute Gasteiger partial charge is 0.496 e. The Morgan fingerprint density at radius 2 is 2.11 bits per heavy atom. The average Bonchev–Trinajstić information content (AvgIpc) is 2.89. The summed E-state index contributed by atoms with van der Waals surface area (Å²) in [6.45, 7) is 2.15. The number of methoxy groups -OCH3 is 1. The Balaban J connectivity index is 2.10. The molecule has 0 amide bonds. The lowest BCUT2D eigenvalue weighted by Gasteiger charge is -2.23. The summed E-state index contributed by atoms with van der Waals surface area (Å²) in [4.78, 5) is 4.61. The molecule has 2 unspecified atom stereocenters. The molecule has 0 saturated carbocycles. The molecule has 5 heteroatoms. The predicted molar refractivity (Wildman–Crippen MR) is 72.9 cm³/mol. The molecule has 0 fully saturated rings. The molecule has 3 rings (SSSR count). The first-order valence-corrected chi connectivity index (χ1v) is 6.56. The predicted octanol–water partition coefficient (Wildman–Crippen LogP) is 2.31. The third-order valence-electron chi connectivity index (χ3n) is 3.65. The Hall–Kier alpha value is -1.88. The number of aromatic nitrogens is 3. The standard InChI is InChI=1S/C14H18N4O/c1-9-7-8-11(15)14-16-13(17-18(9)14)10-5-3-4-6-12(10)19-2/h3-6,9,11H,7-8,15H2,1-2H3. The van der Waals surface area contributed by atoms with E-state index in [0.717, 1.165) is 30.0 Å². The van der Waals surface area contributed by atoms with E-state index in [-0.39, 0.29) is 6.04 Å². The number of fused-ring (bicyclic) bond motifs is 1. The summed E-state index contributed by atoms with van der Waals surface area (Å²) >= 11 is 0. The molecule has 2 atom stereocenters. The van der Waals surface area contributed by atoms with Gasteiger partial charge in [0.2, 0.25) is 0 Å². The van der Waals surface area contributed by atoms with Crippen LogP contribution in [0.2, 0.25) is 0 Å². The number of rotatable bonds is 2. The monoisotopic (exact) mass is 258 g/mol. The molecule has 2 N–H and O–H groups in total. The first kappa shape index (κ1) is 12.2. The molecule has 0 spiro atoms. The van der Waals surface area contributed by atoms with Crippen LogP contribution in [0.5, 0.6) is 5.75 Å². The van der Waals surface area contributed by atoms with Crippen LogP contribution in [0.4, 0.5) is 0 Å². The van der Waals surface area contributed by atoms with Crippen molar-refractivity contribution in [3.05, 3.63) is 30.1 Å². The van der Waals surface area contributed by atoms with Gasteiger partial charge in [-0.25, -0.2) is 9.67 Å². The third kappa shape index (κ3) is 2.00. The Labute approximate surface area is 112 Å². The fourth-order valence-corrected chi connectivity index (χ4v) is 2.53. The Morgan fingerprint density at radius 1 is 1.32 bits per heavy atom. The maximum atomic E-state index is 6.12. The molecule has 1 aromatic heterocycles. The number of benzene rings is 1. The normalized spacial score (nSPS) is 22.1. The minimum atomic E-state index is -0.0212. The number of nitrogens with two attached hydrogens (primary N) is 1. The summed E-state index contributed by atoms with van der Waals surface area (Å²) in [5, 5.41) is 4.61. The summed E-state index contributed by atoms with van der Waals surface area (Å²) < 4.78 is 7.32. The van der Waals surface area contributed by atoms with Crippen LogP contribution >= 0.6 is 0 Å². The highest BCUT2D eigenvalue weighted by Crippen LogP contribution is 2.33. The second-order valence-electron chi connectivity index (χ2n) is 4.97. The maximum Gasteiger partial charge on any atom is 0.185 e. The lowest BCUT2D eigenvalue weighted by Crippen LogP contribution is -2.25. The van der Waals surface area contributed by atoms with Gasteiger partial charge in [0.05, 0.1) is 24.8 Å². The SMILES string of the molecule is COc1ccccc1-c1nc2n(n1)C(C)CCC2N. The van der Waals surface area contributed by atoms with E-state index in [9.17, 15) is 0 Å². The van der Waals surface area contributed by atoms with Crippen LogP contribution in [0.15, 0.2) is 24.3 Å². The van der Waals surface area contributed by atoms with E-state index < -0.39 is 0 Å². The van der Waals surface area contributed by atoms with Crippen LogP contribution in [-0.2, 0) is 0 Å². The van der Waals surface area contributed by atoms with Crippen molar-refractivity contribution in [3.63, 3.8) is 0 Å². The van der Waals surface area contributed by atoms with Crippen molar-refractivity contribution in [1.82, 2.24) is 14.8 Å².